The standard InChI is InChI=1S/C18H22N4O2/c1-2-8-20-9-5-18(17(20)24)6-10-22(13-18)16(23)14-3-4-15-19-7-11-21(15)12-14/h3-4,7,11-12H,2,5-6,8-10,13H2,1H3. The third-order valence-electron chi connectivity index (χ3n) is 5.37. The lowest BCUT2D eigenvalue weighted by molar-refractivity contribution is -0.135. The second kappa shape index (κ2) is 5.61. The molecule has 0 radical (unpaired) electrons. The average Bonchev–Trinajstić information content (AvgIpc) is 3.30. The second-order valence-electron chi connectivity index (χ2n) is 6.91. The van der Waals surface area contributed by atoms with Crippen LogP contribution in [-0.2, 0) is 4.79 Å². The van der Waals surface area contributed by atoms with Crippen molar-refractivity contribution in [3.8, 4) is 0 Å². The molecule has 1 spiro atoms. The quantitative estimate of drug-likeness (QED) is 0.864. The summed E-state index contributed by atoms with van der Waals surface area (Å²) in [5, 5.41) is 0. The molecule has 2 fully saturated rings. The van der Waals surface area contributed by atoms with Crippen molar-refractivity contribution in [2.75, 3.05) is 26.2 Å². The van der Waals surface area contributed by atoms with Crippen molar-refractivity contribution in [3.63, 3.8) is 0 Å². The van der Waals surface area contributed by atoms with E-state index in [4.69, 9.17) is 0 Å². The van der Waals surface area contributed by atoms with Crippen LogP contribution in [-0.4, -0.2) is 57.2 Å². The Labute approximate surface area is 141 Å². The van der Waals surface area contributed by atoms with E-state index in [1.807, 2.05) is 38.7 Å². The van der Waals surface area contributed by atoms with Crippen LogP contribution < -0.4 is 0 Å². The van der Waals surface area contributed by atoms with Gasteiger partial charge in [-0.1, -0.05) is 6.92 Å². The van der Waals surface area contributed by atoms with Gasteiger partial charge in [-0.15, -0.1) is 0 Å². The molecule has 6 heteroatoms. The molecule has 2 aromatic rings. The third kappa shape index (κ3) is 2.28. The smallest absolute Gasteiger partial charge is 0.255 e. The number of amides is 2. The van der Waals surface area contributed by atoms with Gasteiger partial charge < -0.3 is 14.2 Å². The topological polar surface area (TPSA) is 57.9 Å². The van der Waals surface area contributed by atoms with Crippen molar-refractivity contribution in [3.05, 3.63) is 36.3 Å². The lowest BCUT2D eigenvalue weighted by Gasteiger charge is -2.23. The largest absolute Gasteiger partial charge is 0.342 e. The summed E-state index contributed by atoms with van der Waals surface area (Å²) < 4.78 is 1.85. The summed E-state index contributed by atoms with van der Waals surface area (Å²) in [6.07, 6.45) is 8.00. The summed E-state index contributed by atoms with van der Waals surface area (Å²) in [7, 11) is 0. The molecule has 1 unspecified atom stereocenters. The minimum atomic E-state index is -0.343. The van der Waals surface area contributed by atoms with E-state index in [9.17, 15) is 9.59 Å². The zero-order chi connectivity index (χ0) is 16.7. The summed E-state index contributed by atoms with van der Waals surface area (Å²) in [5.41, 5.74) is 1.13. The number of carbonyl (C=O) groups excluding carboxylic acids is 2. The van der Waals surface area contributed by atoms with Crippen LogP contribution in [0.4, 0.5) is 0 Å². The summed E-state index contributed by atoms with van der Waals surface area (Å²) in [6, 6.07) is 3.66. The first-order valence-corrected chi connectivity index (χ1v) is 8.64. The molecule has 2 amide bonds. The van der Waals surface area contributed by atoms with Crippen molar-refractivity contribution in [1.29, 1.82) is 0 Å². The molecule has 0 bridgehead atoms. The molecule has 0 saturated carbocycles. The number of hydrogen-bond donors (Lipinski definition) is 0. The van der Waals surface area contributed by atoms with E-state index in [-0.39, 0.29) is 17.2 Å². The maximum atomic E-state index is 12.8. The van der Waals surface area contributed by atoms with Gasteiger partial charge in [-0.2, -0.15) is 0 Å². The van der Waals surface area contributed by atoms with E-state index in [2.05, 4.69) is 11.9 Å². The van der Waals surface area contributed by atoms with Gasteiger partial charge in [-0.25, -0.2) is 4.98 Å². The molecule has 2 aromatic heterocycles. The highest BCUT2D eigenvalue weighted by Crippen LogP contribution is 2.41. The van der Waals surface area contributed by atoms with E-state index in [0.29, 0.717) is 18.7 Å². The van der Waals surface area contributed by atoms with Crippen molar-refractivity contribution in [1.82, 2.24) is 19.2 Å². The van der Waals surface area contributed by atoms with Gasteiger partial charge in [-0.05, 0) is 31.4 Å². The SMILES string of the molecule is CCCN1CCC2(CCN(C(=O)c3ccc4nccn4c3)C2)C1=O. The van der Waals surface area contributed by atoms with Crippen molar-refractivity contribution < 1.29 is 9.59 Å². The van der Waals surface area contributed by atoms with Crippen molar-refractivity contribution in [2.24, 2.45) is 5.41 Å². The van der Waals surface area contributed by atoms with Crippen LogP contribution in [0.2, 0.25) is 0 Å². The van der Waals surface area contributed by atoms with E-state index in [1.54, 1.807) is 6.20 Å². The normalized spacial score (nSPS) is 23.8. The highest BCUT2D eigenvalue weighted by molar-refractivity contribution is 5.95. The second-order valence-corrected chi connectivity index (χ2v) is 6.91. The number of aromatic nitrogens is 2. The Balaban J connectivity index is 1.52. The number of rotatable bonds is 3. The van der Waals surface area contributed by atoms with E-state index >= 15 is 0 Å². The number of carbonyl (C=O) groups is 2. The van der Waals surface area contributed by atoms with Gasteiger partial charge in [0.2, 0.25) is 5.91 Å². The number of fused-ring (bicyclic) bond motifs is 1. The molecular weight excluding hydrogens is 304 g/mol. The van der Waals surface area contributed by atoms with E-state index in [0.717, 1.165) is 38.0 Å². The average molecular weight is 326 g/mol. The van der Waals surface area contributed by atoms with Gasteiger partial charge in [0, 0.05) is 44.8 Å². The first-order chi connectivity index (χ1) is 11.6. The number of likely N-dealkylation sites (tertiary alicyclic amines) is 2. The lowest BCUT2D eigenvalue weighted by Crippen LogP contribution is -2.38. The fourth-order valence-electron chi connectivity index (χ4n) is 4.03. The Morgan fingerprint density at radius 3 is 2.96 bits per heavy atom. The molecule has 6 nitrogen and oxygen atoms in total. The Kier molecular flexibility index (Phi) is 3.55. The molecule has 1 atom stereocenters. The van der Waals surface area contributed by atoms with E-state index < -0.39 is 0 Å². The van der Waals surface area contributed by atoms with Gasteiger partial charge in [0.1, 0.15) is 5.65 Å². The maximum absolute atomic E-state index is 12.8. The Bertz CT molecular complexity index is 799. The molecule has 2 saturated heterocycles. The predicted molar refractivity (Wildman–Crippen MR) is 89.6 cm³/mol. The van der Waals surface area contributed by atoms with Crippen LogP contribution in [0.15, 0.2) is 30.7 Å². The van der Waals surface area contributed by atoms with Crippen molar-refractivity contribution in [2.45, 2.75) is 26.2 Å². The minimum absolute atomic E-state index is 0.00390. The first kappa shape index (κ1) is 15.2. The van der Waals surface area contributed by atoms with Gasteiger partial charge in [0.05, 0.1) is 11.0 Å². The fraction of sp³-hybridized carbons (Fsp3) is 0.500. The summed E-state index contributed by atoms with van der Waals surface area (Å²) in [6.45, 7) is 4.95. The predicted octanol–water partition coefficient (Wildman–Crippen LogP) is 1.81. The highest BCUT2D eigenvalue weighted by Gasteiger charge is 2.51. The molecule has 0 aliphatic carbocycles. The fourth-order valence-corrected chi connectivity index (χ4v) is 4.03. The van der Waals surface area contributed by atoms with Crippen molar-refractivity contribution >= 4 is 17.5 Å². The summed E-state index contributed by atoms with van der Waals surface area (Å²) >= 11 is 0. The number of pyridine rings is 1. The van der Waals surface area contributed by atoms with Gasteiger partial charge >= 0.3 is 0 Å². The van der Waals surface area contributed by atoms with E-state index in [1.165, 1.54) is 0 Å². The number of imidazole rings is 1. The molecule has 2 aliphatic rings. The van der Waals surface area contributed by atoms with Crippen LogP contribution in [0.5, 0.6) is 0 Å². The highest BCUT2D eigenvalue weighted by atomic mass is 16.2. The summed E-state index contributed by atoms with van der Waals surface area (Å²) in [5.74, 6) is 0.244. The molecular formula is C18H22N4O2. The maximum Gasteiger partial charge on any atom is 0.255 e. The summed E-state index contributed by atoms with van der Waals surface area (Å²) in [4.78, 5) is 33.6. The Morgan fingerprint density at radius 2 is 2.12 bits per heavy atom. The van der Waals surface area contributed by atoms with Crippen LogP contribution in [0.3, 0.4) is 0 Å². The zero-order valence-electron chi connectivity index (χ0n) is 13.9. The van der Waals surface area contributed by atoms with Gasteiger partial charge in [0.15, 0.2) is 0 Å². The number of nitrogens with zero attached hydrogens (tertiary/aromatic N) is 4. The van der Waals surface area contributed by atoms with Crippen LogP contribution in [0.1, 0.15) is 36.5 Å². The molecule has 0 aromatic carbocycles. The molecule has 4 heterocycles. The number of hydrogen-bond acceptors (Lipinski definition) is 3. The zero-order valence-corrected chi connectivity index (χ0v) is 13.9. The molecule has 2 aliphatic heterocycles. The monoisotopic (exact) mass is 326 g/mol. The van der Waals surface area contributed by atoms with Crippen LogP contribution in [0.25, 0.3) is 5.65 Å². The van der Waals surface area contributed by atoms with Gasteiger partial charge in [0.25, 0.3) is 5.91 Å². The third-order valence-corrected chi connectivity index (χ3v) is 5.37. The lowest BCUT2D eigenvalue weighted by atomic mass is 9.85. The molecule has 24 heavy (non-hydrogen) atoms. The molecule has 126 valence electrons. The molecule has 0 N–H and O–H groups in total. The Morgan fingerprint density at radius 1 is 1.29 bits per heavy atom. The van der Waals surface area contributed by atoms with Crippen LogP contribution >= 0.6 is 0 Å². The Hall–Kier alpha value is -2.37. The van der Waals surface area contributed by atoms with Gasteiger partial charge in [-0.3, -0.25) is 9.59 Å². The molecule has 4 rings (SSSR count). The van der Waals surface area contributed by atoms with Crippen LogP contribution in [0, 0.1) is 5.41 Å². The minimum Gasteiger partial charge on any atom is -0.342 e. The first-order valence-electron chi connectivity index (χ1n) is 8.64.